The summed E-state index contributed by atoms with van der Waals surface area (Å²) in [6.45, 7) is 4.67. The molecule has 12 nitrogen and oxygen atoms in total. The molecule has 43 heavy (non-hydrogen) atoms. The van der Waals surface area contributed by atoms with Crippen LogP contribution in [0.25, 0.3) is 0 Å². The van der Waals surface area contributed by atoms with Crippen LogP contribution in [0.15, 0.2) is 59.7 Å². The molecular weight excluding hydrogens is 584 g/mol. The average molecular weight is 624 g/mol. The standard InChI is InChI=1S/C29H39FN3O9P/c1-20(2)16-23-26(35)39-15-11-6-4-5-10-14-38-22-17-31-28(36)33(18-22)27-29(3,30)25(34)24(41-27)19-40-43(37,32-23)42-21-12-8-7-9-13-21/h4-5,7-9,12-13,17-18,20,23-25,27,34H,6,10-11,14-16,19H2,1-3H3,(H,32,37)/b5-4+/t23-,24-,25-,27-,29-,43?/m1/s1. The first-order valence-electron chi connectivity index (χ1n) is 14.3. The Bertz CT molecular complexity index is 1350. The lowest BCUT2D eigenvalue weighted by Gasteiger charge is -2.27. The predicted molar refractivity (Wildman–Crippen MR) is 154 cm³/mol. The lowest BCUT2D eigenvalue weighted by Crippen LogP contribution is -2.43. The fraction of sp³-hybridized carbons (Fsp3) is 0.552. The number of hydrogen-bond donors (Lipinski definition) is 2. The Morgan fingerprint density at radius 2 is 1.93 bits per heavy atom. The molecule has 1 fully saturated rings. The van der Waals surface area contributed by atoms with Gasteiger partial charge in [-0.15, -0.1) is 0 Å². The topological polar surface area (TPSA) is 147 Å². The number of cyclic esters (lactones) is 1. The van der Waals surface area contributed by atoms with E-state index in [9.17, 15) is 19.3 Å². The normalized spacial score (nSPS) is 31.8. The number of nitrogens with one attached hydrogen (secondary N) is 1. The van der Waals surface area contributed by atoms with Crippen molar-refractivity contribution < 1.29 is 42.1 Å². The molecule has 1 aromatic heterocycles. The number of carbonyl (C=O) groups excluding carboxylic acids is 1. The monoisotopic (exact) mass is 623 g/mol. The van der Waals surface area contributed by atoms with Crippen molar-refractivity contribution in [2.24, 2.45) is 5.92 Å². The third-order valence-electron chi connectivity index (χ3n) is 6.92. The first-order chi connectivity index (χ1) is 20.5. The molecule has 4 bridgehead atoms. The summed E-state index contributed by atoms with van der Waals surface area (Å²) < 4.78 is 59.3. The van der Waals surface area contributed by atoms with Gasteiger partial charge in [-0.25, -0.2) is 13.8 Å². The lowest BCUT2D eigenvalue weighted by atomic mass is 9.98. The number of rotatable bonds is 4. The molecule has 0 spiro atoms. The fourth-order valence-electron chi connectivity index (χ4n) is 4.70. The Morgan fingerprint density at radius 1 is 1.19 bits per heavy atom. The highest BCUT2D eigenvalue weighted by atomic mass is 31.2. The van der Waals surface area contributed by atoms with E-state index in [2.05, 4.69) is 10.1 Å². The molecule has 1 aromatic carbocycles. The van der Waals surface area contributed by atoms with Crippen molar-refractivity contribution in [2.45, 2.75) is 76.6 Å². The van der Waals surface area contributed by atoms with Crippen LogP contribution in [0.5, 0.6) is 11.5 Å². The van der Waals surface area contributed by atoms with Crippen LogP contribution in [0.3, 0.4) is 0 Å². The van der Waals surface area contributed by atoms with Crippen molar-refractivity contribution in [2.75, 3.05) is 19.8 Å². The zero-order chi connectivity index (χ0) is 31.0. The Labute approximate surface area is 249 Å². The molecular formula is C29H39FN3O9P. The molecule has 2 N–H and O–H groups in total. The number of fused-ring (bicyclic) bond motifs is 5. The molecule has 2 aromatic rings. The molecule has 14 heteroatoms. The van der Waals surface area contributed by atoms with Crippen LogP contribution in [0.2, 0.25) is 0 Å². The number of halogens is 1. The number of hydrogen-bond acceptors (Lipinski definition) is 10. The average Bonchev–Trinajstić information content (AvgIpc) is 3.19. The van der Waals surface area contributed by atoms with Gasteiger partial charge in [-0.2, -0.15) is 10.1 Å². The maximum Gasteiger partial charge on any atom is 0.459 e. The molecule has 4 rings (SSSR count). The van der Waals surface area contributed by atoms with Gasteiger partial charge >= 0.3 is 19.4 Å². The number of allylic oxidation sites excluding steroid dienone is 1. The third kappa shape index (κ3) is 8.73. The van der Waals surface area contributed by atoms with E-state index in [1.54, 1.807) is 30.3 Å². The van der Waals surface area contributed by atoms with Gasteiger partial charge in [-0.3, -0.25) is 13.9 Å². The van der Waals surface area contributed by atoms with Crippen molar-refractivity contribution >= 4 is 13.7 Å². The number of alkyl halides is 1. The van der Waals surface area contributed by atoms with Gasteiger partial charge < -0.3 is 23.8 Å². The highest BCUT2D eigenvalue weighted by Crippen LogP contribution is 2.48. The molecule has 0 saturated carbocycles. The second kappa shape index (κ2) is 14.6. The molecule has 2 aliphatic rings. The molecule has 0 radical (unpaired) electrons. The summed E-state index contributed by atoms with van der Waals surface area (Å²) in [5.74, 6) is -0.230. The number of nitrogens with zero attached hydrogens (tertiary/aromatic N) is 2. The quantitative estimate of drug-likeness (QED) is 0.288. The van der Waals surface area contributed by atoms with Crippen LogP contribution in [0, 0.1) is 5.92 Å². The van der Waals surface area contributed by atoms with E-state index in [0.717, 1.165) is 11.5 Å². The van der Waals surface area contributed by atoms with E-state index in [0.29, 0.717) is 19.3 Å². The number of aliphatic hydroxyl groups excluding tert-OH is 1. The van der Waals surface area contributed by atoms with Gasteiger partial charge in [0.05, 0.1) is 32.2 Å². The fourth-order valence-corrected chi connectivity index (χ4v) is 6.22. The van der Waals surface area contributed by atoms with Crippen molar-refractivity contribution in [1.82, 2.24) is 14.6 Å². The van der Waals surface area contributed by atoms with Crippen molar-refractivity contribution in [3.63, 3.8) is 0 Å². The Balaban J connectivity index is 1.65. The summed E-state index contributed by atoms with van der Waals surface area (Å²) >= 11 is 0. The summed E-state index contributed by atoms with van der Waals surface area (Å²) in [6, 6.07) is 7.12. The van der Waals surface area contributed by atoms with Gasteiger partial charge in [0.15, 0.2) is 17.6 Å². The maximum absolute atomic E-state index is 15.9. The third-order valence-corrected chi connectivity index (χ3v) is 8.49. The SMILES string of the molecule is CC(C)C[C@H]1NP(=O)(Oc2ccccc2)OC[C@H]2O[C@@H](n3cc(cnc3=O)OCC/C=C/CCCOC1=O)[C@](C)(F)[C@@H]2O. The van der Waals surface area contributed by atoms with Crippen LogP contribution in [0.1, 0.15) is 52.7 Å². The number of carbonyl (C=O) groups is 1. The zero-order valence-electron chi connectivity index (χ0n) is 24.5. The van der Waals surface area contributed by atoms with Crippen molar-refractivity contribution in [1.29, 1.82) is 0 Å². The van der Waals surface area contributed by atoms with Crippen molar-refractivity contribution in [3.8, 4) is 11.5 Å². The lowest BCUT2D eigenvalue weighted by molar-refractivity contribution is -0.146. The second-order valence-electron chi connectivity index (χ2n) is 11.0. The molecule has 3 heterocycles. The van der Waals surface area contributed by atoms with Gasteiger partial charge in [0.25, 0.3) is 0 Å². The highest BCUT2D eigenvalue weighted by Gasteiger charge is 2.56. The van der Waals surface area contributed by atoms with Gasteiger partial charge in [0, 0.05) is 0 Å². The van der Waals surface area contributed by atoms with Gasteiger partial charge in [-0.05, 0) is 50.7 Å². The highest BCUT2D eigenvalue weighted by molar-refractivity contribution is 7.52. The smallest absolute Gasteiger partial charge is 0.459 e. The number of aromatic nitrogens is 2. The molecule has 0 aliphatic carbocycles. The van der Waals surface area contributed by atoms with Gasteiger partial charge in [0.2, 0.25) is 0 Å². The first kappa shape index (κ1) is 32.8. The van der Waals surface area contributed by atoms with E-state index in [-0.39, 0.29) is 37.1 Å². The molecule has 1 unspecified atom stereocenters. The van der Waals surface area contributed by atoms with E-state index in [1.165, 1.54) is 12.4 Å². The predicted octanol–water partition coefficient (Wildman–Crippen LogP) is 4.10. The summed E-state index contributed by atoms with van der Waals surface area (Å²) in [5, 5.41) is 13.6. The molecule has 6 atom stereocenters. The Kier molecular flexibility index (Phi) is 11.1. The van der Waals surface area contributed by atoms with Gasteiger partial charge in [0.1, 0.15) is 24.0 Å². The van der Waals surface area contributed by atoms with E-state index in [1.807, 2.05) is 26.0 Å². The Morgan fingerprint density at radius 3 is 2.67 bits per heavy atom. The summed E-state index contributed by atoms with van der Waals surface area (Å²) in [4.78, 5) is 29.5. The molecule has 236 valence electrons. The molecule has 2 aliphatic heterocycles. The Hall–Kier alpha value is -3.09. The minimum atomic E-state index is -4.36. The minimum Gasteiger partial charge on any atom is -0.490 e. The number of aliphatic hydroxyl groups is 1. The summed E-state index contributed by atoms with van der Waals surface area (Å²) in [7, 11) is -4.36. The van der Waals surface area contributed by atoms with Crippen LogP contribution in [-0.2, 0) is 23.4 Å². The van der Waals surface area contributed by atoms with E-state index >= 15 is 4.39 Å². The number of para-hydroxylation sites is 1. The maximum atomic E-state index is 15.9. The van der Waals surface area contributed by atoms with Crippen LogP contribution in [-0.4, -0.2) is 64.4 Å². The number of ether oxygens (including phenoxy) is 3. The summed E-state index contributed by atoms with van der Waals surface area (Å²) in [6.07, 6.45) is 3.60. The summed E-state index contributed by atoms with van der Waals surface area (Å²) in [5.41, 5.74) is -3.29. The van der Waals surface area contributed by atoms with Crippen molar-refractivity contribution in [3.05, 3.63) is 65.4 Å². The second-order valence-corrected chi connectivity index (χ2v) is 12.7. The van der Waals surface area contributed by atoms with Crippen LogP contribution >= 0.6 is 7.75 Å². The van der Waals surface area contributed by atoms with Gasteiger partial charge in [-0.1, -0.05) is 44.2 Å². The van der Waals surface area contributed by atoms with Crippen LogP contribution in [0.4, 0.5) is 4.39 Å². The number of esters is 1. The zero-order valence-corrected chi connectivity index (χ0v) is 25.4. The molecule has 1 saturated heterocycles. The van der Waals surface area contributed by atoms with Crippen LogP contribution < -0.4 is 20.0 Å². The largest absolute Gasteiger partial charge is 0.490 e. The number of benzene rings is 1. The first-order valence-corrected chi connectivity index (χ1v) is 15.8. The van der Waals surface area contributed by atoms with E-state index < -0.39 is 56.2 Å². The molecule has 0 amide bonds. The minimum absolute atomic E-state index is 0.00512. The van der Waals surface area contributed by atoms with E-state index in [4.69, 9.17) is 23.3 Å².